The quantitative estimate of drug-likeness (QED) is 0.361. The molecule has 1 amide bonds. The maximum absolute atomic E-state index is 13.8. The van der Waals surface area contributed by atoms with Crippen LogP contribution in [-0.2, 0) is 31.3 Å². The van der Waals surface area contributed by atoms with E-state index in [1.807, 2.05) is 37.3 Å². The van der Waals surface area contributed by atoms with Gasteiger partial charge in [-0.1, -0.05) is 57.0 Å². The van der Waals surface area contributed by atoms with Crippen molar-refractivity contribution in [3.05, 3.63) is 59.2 Å². The van der Waals surface area contributed by atoms with Gasteiger partial charge in [0.1, 0.15) is 5.75 Å². The van der Waals surface area contributed by atoms with Crippen LogP contribution in [0.5, 0.6) is 5.75 Å². The third-order valence-electron chi connectivity index (χ3n) is 6.86. The van der Waals surface area contributed by atoms with Gasteiger partial charge in [-0.15, -0.1) is 0 Å². The highest BCUT2D eigenvalue weighted by Crippen LogP contribution is 2.40. The van der Waals surface area contributed by atoms with E-state index in [2.05, 4.69) is 17.6 Å². The van der Waals surface area contributed by atoms with Gasteiger partial charge >= 0.3 is 0 Å². The molecule has 0 unspecified atom stereocenters. The lowest BCUT2D eigenvalue weighted by Gasteiger charge is -2.36. The van der Waals surface area contributed by atoms with E-state index in [1.165, 1.54) is 7.11 Å². The Balaban J connectivity index is 2.08. The minimum Gasteiger partial charge on any atom is -0.496 e. The molecule has 204 valence electrons. The fourth-order valence-electron chi connectivity index (χ4n) is 4.76. The van der Waals surface area contributed by atoms with E-state index >= 15 is 0 Å². The number of benzene rings is 2. The summed E-state index contributed by atoms with van der Waals surface area (Å²) in [5.41, 5.74) is 1.35. The number of sulfone groups is 1. The maximum atomic E-state index is 13.8. The van der Waals surface area contributed by atoms with Crippen LogP contribution in [0.3, 0.4) is 0 Å². The van der Waals surface area contributed by atoms with Crippen LogP contribution in [0.2, 0.25) is 0 Å². The third kappa shape index (κ3) is 7.31. The van der Waals surface area contributed by atoms with Gasteiger partial charge in [-0.25, -0.2) is 8.42 Å². The van der Waals surface area contributed by atoms with Gasteiger partial charge < -0.3 is 10.1 Å². The van der Waals surface area contributed by atoms with E-state index in [0.29, 0.717) is 29.7 Å². The smallest absolute Gasteiger partial charge is 0.265 e. The lowest BCUT2D eigenvalue weighted by atomic mass is 9.88. The molecule has 0 radical (unpaired) electrons. The molecule has 9 nitrogen and oxygen atoms in total. The second kappa shape index (κ2) is 11.9. The summed E-state index contributed by atoms with van der Waals surface area (Å²) in [6.07, 6.45) is 2.77. The number of nitrogens with one attached hydrogen (secondary N) is 2. The summed E-state index contributed by atoms with van der Waals surface area (Å²) in [5.74, 6) is -0.940. The van der Waals surface area contributed by atoms with Gasteiger partial charge in [-0.2, -0.15) is 8.42 Å². The third-order valence-corrected chi connectivity index (χ3v) is 9.53. The fraction of sp³-hybridized carbons (Fsp3) is 0.500. The summed E-state index contributed by atoms with van der Waals surface area (Å²) in [4.78, 5) is 12.3. The molecular formula is C26H36N2O7S2. The summed E-state index contributed by atoms with van der Waals surface area (Å²) in [6.45, 7) is 4.03. The van der Waals surface area contributed by atoms with Gasteiger partial charge in [-0.3, -0.25) is 14.7 Å². The summed E-state index contributed by atoms with van der Waals surface area (Å²) in [5, 5.41) is 6.30. The van der Waals surface area contributed by atoms with Crippen molar-refractivity contribution in [1.82, 2.24) is 10.6 Å². The zero-order valence-corrected chi connectivity index (χ0v) is 23.1. The second-order valence-corrected chi connectivity index (χ2v) is 13.0. The molecule has 1 aliphatic rings. The first-order valence-corrected chi connectivity index (χ1v) is 15.7. The highest BCUT2D eigenvalue weighted by Gasteiger charge is 2.42. The van der Waals surface area contributed by atoms with Gasteiger partial charge in [0.15, 0.2) is 9.84 Å². The van der Waals surface area contributed by atoms with Crippen molar-refractivity contribution in [2.45, 2.75) is 69.0 Å². The van der Waals surface area contributed by atoms with Gasteiger partial charge in [0.2, 0.25) is 5.91 Å². The number of hydrogen-bond donors (Lipinski definition) is 3. The van der Waals surface area contributed by atoms with E-state index in [-0.39, 0.29) is 17.2 Å². The summed E-state index contributed by atoms with van der Waals surface area (Å²) >= 11 is 0. The fourth-order valence-corrected chi connectivity index (χ4v) is 7.38. The highest BCUT2D eigenvalue weighted by molar-refractivity contribution is 7.91. The molecule has 0 saturated carbocycles. The van der Waals surface area contributed by atoms with Gasteiger partial charge in [0.25, 0.3) is 10.1 Å². The van der Waals surface area contributed by atoms with Crippen molar-refractivity contribution in [2.24, 2.45) is 0 Å². The average Bonchev–Trinajstić information content (AvgIpc) is 2.96. The Bertz CT molecular complexity index is 1310. The van der Waals surface area contributed by atoms with Crippen molar-refractivity contribution >= 4 is 25.9 Å². The largest absolute Gasteiger partial charge is 0.496 e. The molecule has 0 aromatic heterocycles. The normalized spacial score (nSPS) is 21.0. The zero-order chi connectivity index (χ0) is 27.3. The Kier molecular flexibility index (Phi) is 9.38. The molecule has 1 aliphatic heterocycles. The number of ether oxygens (including phenoxy) is 1. The Hall–Kier alpha value is -2.47. The number of fused-ring (bicyclic) bond motifs is 1. The molecule has 37 heavy (non-hydrogen) atoms. The molecule has 11 heteroatoms. The molecule has 3 rings (SSSR count). The summed E-state index contributed by atoms with van der Waals surface area (Å²) in [7, 11) is -6.53. The predicted molar refractivity (Wildman–Crippen MR) is 142 cm³/mol. The van der Waals surface area contributed by atoms with Crippen LogP contribution in [-0.4, -0.2) is 51.4 Å². The van der Waals surface area contributed by atoms with Crippen LogP contribution in [0.15, 0.2) is 47.4 Å². The highest BCUT2D eigenvalue weighted by atomic mass is 32.2. The molecule has 2 aromatic rings. The molecule has 0 fully saturated rings. The van der Waals surface area contributed by atoms with Crippen LogP contribution >= 0.6 is 0 Å². The number of methoxy groups -OCH3 is 1. The van der Waals surface area contributed by atoms with Crippen molar-refractivity contribution in [3.8, 4) is 5.75 Å². The van der Waals surface area contributed by atoms with Gasteiger partial charge in [-0.05, 0) is 36.1 Å². The van der Waals surface area contributed by atoms with Crippen LogP contribution in [0.4, 0.5) is 0 Å². The van der Waals surface area contributed by atoms with Crippen LogP contribution in [0, 0.1) is 0 Å². The van der Waals surface area contributed by atoms with E-state index in [9.17, 15) is 21.6 Å². The number of amides is 1. The number of carbonyl (C=O) groups excluding carboxylic acids is 1. The Labute approximate surface area is 219 Å². The van der Waals surface area contributed by atoms with E-state index in [4.69, 9.17) is 9.29 Å². The molecular weight excluding hydrogens is 516 g/mol. The maximum Gasteiger partial charge on any atom is 0.265 e. The van der Waals surface area contributed by atoms with Crippen molar-refractivity contribution < 1.29 is 30.9 Å². The first-order chi connectivity index (χ1) is 17.4. The number of carbonyl (C=O) groups is 1. The van der Waals surface area contributed by atoms with Crippen molar-refractivity contribution in [2.75, 3.05) is 18.6 Å². The lowest BCUT2D eigenvalue weighted by Crippen LogP contribution is -2.50. The molecule has 2 atom stereocenters. The minimum absolute atomic E-state index is 0.0562. The Morgan fingerprint density at radius 3 is 2.51 bits per heavy atom. The van der Waals surface area contributed by atoms with E-state index < -0.39 is 49.6 Å². The molecule has 0 aliphatic carbocycles. The predicted octanol–water partition coefficient (Wildman–Crippen LogP) is 3.39. The number of hydrogen-bond acceptors (Lipinski definition) is 7. The van der Waals surface area contributed by atoms with Crippen molar-refractivity contribution in [1.29, 1.82) is 0 Å². The summed E-state index contributed by atoms with van der Waals surface area (Å²) in [6, 6.07) is 12.6. The average molecular weight is 553 g/mol. The minimum atomic E-state index is -4.27. The van der Waals surface area contributed by atoms with Gasteiger partial charge in [0, 0.05) is 24.1 Å². The number of rotatable bonds is 11. The van der Waals surface area contributed by atoms with Gasteiger partial charge in [0.05, 0.1) is 29.6 Å². The topological polar surface area (TPSA) is 139 Å². The molecule has 2 aromatic carbocycles. The molecule has 0 bridgehead atoms. The number of unbranched alkanes of at least 4 members (excludes halogenated alkanes) is 1. The Morgan fingerprint density at radius 1 is 1.22 bits per heavy atom. The second-order valence-electron chi connectivity index (χ2n) is 9.50. The summed E-state index contributed by atoms with van der Waals surface area (Å²) < 4.78 is 64.1. The van der Waals surface area contributed by atoms with Crippen molar-refractivity contribution in [3.63, 3.8) is 0 Å². The zero-order valence-electron chi connectivity index (χ0n) is 21.5. The molecule has 3 N–H and O–H groups in total. The Morgan fingerprint density at radius 2 is 1.92 bits per heavy atom. The van der Waals surface area contributed by atoms with E-state index in [0.717, 1.165) is 18.4 Å². The van der Waals surface area contributed by atoms with E-state index in [1.54, 1.807) is 12.1 Å². The molecule has 0 spiro atoms. The molecule has 0 saturated heterocycles. The first-order valence-electron chi connectivity index (χ1n) is 12.4. The van der Waals surface area contributed by atoms with Crippen LogP contribution in [0.25, 0.3) is 0 Å². The SMILES string of the molecule is CCCC[C@]1(CC)CS(=O)(=O)c2cc(CNC(=O)CCS(=O)(=O)O)c(OC)cc2[C@@H](c2ccccc2)N1. The van der Waals surface area contributed by atoms with Crippen LogP contribution < -0.4 is 15.4 Å². The standard InChI is InChI=1S/C26H36N2O7S2/c1-4-6-13-26(5-2)18-36(30,31)23-15-20(17-27-24(29)12-14-37(32,33)34)22(35-3)16-21(23)25(28-26)19-10-8-7-9-11-19/h7-11,15-16,25,28H,4-6,12-14,17-18H2,1-3H3,(H,27,29)(H,32,33,34)/t25-,26-/m1/s1. The molecule has 1 heterocycles. The monoisotopic (exact) mass is 552 g/mol. The first kappa shape index (κ1) is 29.1. The van der Waals surface area contributed by atoms with Crippen LogP contribution in [0.1, 0.15) is 68.7 Å². The lowest BCUT2D eigenvalue weighted by molar-refractivity contribution is -0.120.